The number of hydrogen-bond acceptors (Lipinski definition) is 2. The van der Waals surface area contributed by atoms with Crippen LogP contribution in [-0.2, 0) is 6.42 Å². The van der Waals surface area contributed by atoms with Crippen LogP contribution in [0.1, 0.15) is 17.5 Å². The summed E-state index contributed by atoms with van der Waals surface area (Å²) >= 11 is 7.23. The van der Waals surface area contributed by atoms with Crippen LogP contribution in [0.4, 0.5) is 0 Å². The zero-order valence-corrected chi connectivity index (χ0v) is 9.66. The summed E-state index contributed by atoms with van der Waals surface area (Å²) in [6.07, 6.45) is 2.06. The number of thiocyanates is 1. The maximum absolute atomic E-state index is 8.34. The Morgan fingerprint density at radius 3 is 2.93 bits per heavy atom. The maximum atomic E-state index is 8.34. The zero-order chi connectivity index (χ0) is 10.4. The van der Waals surface area contributed by atoms with Crippen molar-refractivity contribution >= 4 is 23.4 Å². The highest BCUT2D eigenvalue weighted by Gasteiger charge is 1.97. The molecule has 0 fully saturated rings. The number of rotatable bonds is 4. The summed E-state index contributed by atoms with van der Waals surface area (Å²) in [4.78, 5) is 0. The van der Waals surface area contributed by atoms with Gasteiger partial charge in [-0.1, -0.05) is 23.7 Å². The van der Waals surface area contributed by atoms with Gasteiger partial charge in [0.15, 0.2) is 0 Å². The van der Waals surface area contributed by atoms with Gasteiger partial charge in [-0.15, -0.1) is 0 Å². The molecule has 0 amide bonds. The lowest BCUT2D eigenvalue weighted by Gasteiger charge is -2.02. The molecule has 3 heteroatoms. The van der Waals surface area contributed by atoms with Crippen molar-refractivity contribution < 1.29 is 0 Å². The molecule has 0 heterocycles. The molecule has 0 saturated heterocycles. The van der Waals surface area contributed by atoms with Crippen LogP contribution in [0.3, 0.4) is 0 Å². The molecule has 0 aromatic heterocycles. The molecule has 0 aliphatic rings. The predicted octanol–water partition coefficient (Wildman–Crippen LogP) is 3.80. The van der Waals surface area contributed by atoms with E-state index in [1.165, 1.54) is 17.3 Å². The molecule has 1 aromatic carbocycles. The first kappa shape index (κ1) is 11.4. The summed E-state index contributed by atoms with van der Waals surface area (Å²) in [6.45, 7) is 2.01. The van der Waals surface area contributed by atoms with E-state index < -0.39 is 0 Å². The fourth-order valence-electron chi connectivity index (χ4n) is 1.26. The third-order valence-electron chi connectivity index (χ3n) is 2.00. The lowest BCUT2D eigenvalue weighted by Crippen LogP contribution is -1.88. The number of nitriles is 1. The largest absolute Gasteiger partial charge is 0.185 e. The van der Waals surface area contributed by atoms with Gasteiger partial charge in [0, 0.05) is 10.8 Å². The Labute approximate surface area is 94.1 Å². The summed E-state index contributed by atoms with van der Waals surface area (Å²) in [5.74, 6) is 0.901. The summed E-state index contributed by atoms with van der Waals surface area (Å²) in [7, 11) is 0. The summed E-state index contributed by atoms with van der Waals surface area (Å²) in [6, 6.07) is 6.09. The highest BCUT2D eigenvalue weighted by Crippen LogP contribution is 2.17. The molecule has 1 nitrogen and oxygen atoms in total. The van der Waals surface area contributed by atoms with Gasteiger partial charge in [0.25, 0.3) is 0 Å². The van der Waals surface area contributed by atoms with E-state index in [1.807, 2.05) is 19.1 Å². The van der Waals surface area contributed by atoms with Gasteiger partial charge in [0.2, 0.25) is 0 Å². The minimum Gasteiger partial charge on any atom is -0.185 e. The third kappa shape index (κ3) is 3.61. The van der Waals surface area contributed by atoms with E-state index in [0.717, 1.165) is 29.2 Å². The Kier molecular flexibility index (Phi) is 4.86. The van der Waals surface area contributed by atoms with Crippen LogP contribution in [0.5, 0.6) is 0 Å². The van der Waals surface area contributed by atoms with Crippen LogP contribution in [0, 0.1) is 17.6 Å². The molecule has 0 atom stereocenters. The lowest BCUT2D eigenvalue weighted by atomic mass is 10.1. The summed E-state index contributed by atoms with van der Waals surface area (Å²) in [5.41, 5.74) is 2.42. The Balaban J connectivity index is 2.44. The first-order valence-corrected chi connectivity index (χ1v) is 5.86. The highest BCUT2D eigenvalue weighted by atomic mass is 35.5. The van der Waals surface area contributed by atoms with E-state index >= 15 is 0 Å². The first-order chi connectivity index (χ1) is 6.74. The minimum absolute atomic E-state index is 0.820. The average Bonchev–Trinajstić information content (AvgIpc) is 2.18. The molecule has 1 aromatic rings. The van der Waals surface area contributed by atoms with Crippen LogP contribution in [-0.4, -0.2) is 5.75 Å². The second-order valence-corrected chi connectivity index (χ2v) is 4.41. The lowest BCUT2D eigenvalue weighted by molar-refractivity contribution is 0.933. The number of aryl methyl sites for hydroxylation is 2. The van der Waals surface area contributed by atoms with Crippen LogP contribution in [0.2, 0.25) is 5.02 Å². The van der Waals surface area contributed by atoms with Crippen molar-refractivity contribution in [3.63, 3.8) is 0 Å². The van der Waals surface area contributed by atoms with Crippen LogP contribution < -0.4 is 0 Å². The van der Waals surface area contributed by atoms with Crippen LogP contribution >= 0.6 is 23.4 Å². The van der Waals surface area contributed by atoms with Gasteiger partial charge in [-0.3, -0.25) is 0 Å². The van der Waals surface area contributed by atoms with E-state index in [9.17, 15) is 0 Å². The van der Waals surface area contributed by atoms with Gasteiger partial charge < -0.3 is 0 Å². The van der Waals surface area contributed by atoms with Gasteiger partial charge in [-0.2, -0.15) is 5.26 Å². The van der Waals surface area contributed by atoms with E-state index in [1.54, 1.807) is 0 Å². The zero-order valence-electron chi connectivity index (χ0n) is 8.09. The number of nitrogens with zero attached hydrogens (tertiary/aromatic N) is 1. The average molecular weight is 226 g/mol. The van der Waals surface area contributed by atoms with E-state index in [2.05, 4.69) is 11.5 Å². The monoisotopic (exact) mass is 225 g/mol. The van der Waals surface area contributed by atoms with Gasteiger partial charge in [0.1, 0.15) is 5.40 Å². The minimum atomic E-state index is 0.820. The second-order valence-electron chi connectivity index (χ2n) is 3.13. The molecule has 74 valence electrons. The van der Waals surface area contributed by atoms with Crippen molar-refractivity contribution in [1.29, 1.82) is 5.26 Å². The van der Waals surface area contributed by atoms with Crippen molar-refractivity contribution in [2.24, 2.45) is 0 Å². The normalized spacial score (nSPS) is 9.79. The third-order valence-corrected chi connectivity index (χ3v) is 3.04. The highest BCUT2D eigenvalue weighted by molar-refractivity contribution is 8.03. The molecular weight excluding hydrogens is 214 g/mol. The number of halogens is 1. The molecule has 0 radical (unpaired) electrons. The summed E-state index contributed by atoms with van der Waals surface area (Å²) in [5, 5.41) is 11.2. The first-order valence-electron chi connectivity index (χ1n) is 4.50. The fraction of sp³-hybridized carbons (Fsp3) is 0.364. The molecule has 1 rings (SSSR count). The molecule has 0 spiro atoms. The molecule has 0 unspecified atom stereocenters. The Morgan fingerprint density at radius 1 is 1.50 bits per heavy atom. The molecule has 0 aliphatic carbocycles. The number of benzene rings is 1. The Hall–Kier alpha value is -0.650. The molecule has 0 N–H and O–H groups in total. The SMILES string of the molecule is Cc1cc(CCCSC#N)ccc1Cl. The predicted molar refractivity (Wildman–Crippen MR) is 62.6 cm³/mol. The topological polar surface area (TPSA) is 23.8 Å². The van der Waals surface area contributed by atoms with E-state index in [-0.39, 0.29) is 0 Å². The smallest absolute Gasteiger partial charge is 0.133 e. The Morgan fingerprint density at radius 2 is 2.29 bits per heavy atom. The van der Waals surface area contributed by atoms with Gasteiger partial charge in [-0.25, -0.2) is 0 Å². The summed E-state index contributed by atoms with van der Waals surface area (Å²) < 4.78 is 0. The fourth-order valence-corrected chi connectivity index (χ4v) is 1.75. The molecule has 14 heavy (non-hydrogen) atoms. The maximum Gasteiger partial charge on any atom is 0.133 e. The van der Waals surface area contributed by atoms with Crippen molar-refractivity contribution in [2.45, 2.75) is 19.8 Å². The van der Waals surface area contributed by atoms with Crippen molar-refractivity contribution in [3.05, 3.63) is 34.3 Å². The van der Waals surface area contributed by atoms with Gasteiger partial charge in [-0.05, 0) is 48.7 Å². The van der Waals surface area contributed by atoms with E-state index in [0.29, 0.717) is 0 Å². The number of hydrogen-bond donors (Lipinski definition) is 0. The van der Waals surface area contributed by atoms with Gasteiger partial charge >= 0.3 is 0 Å². The van der Waals surface area contributed by atoms with Crippen LogP contribution in [0.15, 0.2) is 18.2 Å². The van der Waals surface area contributed by atoms with Crippen molar-refractivity contribution in [2.75, 3.05) is 5.75 Å². The quantitative estimate of drug-likeness (QED) is 0.575. The molecule has 0 bridgehead atoms. The van der Waals surface area contributed by atoms with Gasteiger partial charge in [0.05, 0.1) is 0 Å². The number of thioether (sulfide) groups is 1. The standard InChI is InChI=1S/C11H12ClNS/c1-9-7-10(4-5-11(9)12)3-2-6-14-8-13/h4-5,7H,2-3,6H2,1H3. The van der Waals surface area contributed by atoms with Crippen LogP contribution in [0.25, 0.3) is 0 Å². The molecule has 0 aliphatic heterocycles. The Bertz CT molecular complexity index is 344. The van der Waals surface area contributed by atoms with E-state index in [4.69, 9.17) is 16.9 Å². The van der Waals surface area contributed by atoms with Crippen molar-refractivity contribution in [3.8, 4) is 5.40 Å². The molecule has 0 saturated carbocycles. The van der Waals surface area contributed by atoms with Crippen molar-refractivity contribution in [1.82, 2.24) is 0 Å². The molecular formula is C11H12ClNS. The second kappa shape index (κ2) is 5.95.